The molecule has 16 heavy (non-hydrogen) atoms. The largest absolute Gasteiger partial charge is 0.282 e. The van der Waals surface area contributed by atoms with Crippen molar-refractivity contribution in [3.63, 3.8) is 0 Å². The number of nitrogens with zero attached hydrogens (tertiary/aromatic N) is 3. The van der Waals surface area contributed by atoms with Gasteiger partial charge >= 0.3 is 0 Å². The summed E-state index contributed by atoms with van der Waals surface area (Å²) in [7, 11) is 0. The fraction of sp³-hybridized carbons (Fsp3) is 0.0769. The summed E-state index contributed by atoms with van der Waals surface area (Å²) < 4.78 is 2.02. The highest BCUT2D eigenvalue weighted by Gasteiger charge is 2.06. The minimum Gasteiger partial charge on any atom is -0.282 e. The second-order valence-corrected chi connectivity index (χ2v) is 3.82. The fourth-order valence-corrected chi connectivity index (χ4v) is 1.78. The lowest BCUT2D eigenvalue weighted by molar-refractivity contribution is 1.11. The Morgan fingerprint density at radius 1 is 0.938 bits per heavy atom. The van der Waals surface area contributed by atoms with E-state index in [4.69, 9.17) is 0 Å². The molecule has 2 heterocycles. The summed E-state index contributed by atoms with van der Waals surface area (Å²) in [6.07, 6.45) is 2.05. The summed E-state index contributed by atoms with van der Waals surface area (Å²) >= 11 is 0. The molecule has 78 valence electrons. The normalized spacial score (nSPS) is 10.8. The second kappa shape index (κ2) is 3.45. The van der Waals surface area contributed by atoms with Crippen molar-refractivity contribution < 1.29 is 0 Å². The molecule has 3 nitrogen and oxygen atoms in total. The Kier molecular flexibility index (Phi) is 1.96. The third-order valence-electron chi connectivity index (χ3n) is 2.58. The molecule has 0 N–H and O–H groups in total. The molecule has 0 fully saturated rings. The maximum atomic E-state index is 4.22. The average molecular weight is 209 g/mol. The third kappa shape index (κ3) is 1.37. The van der Waals surface area contributed by atoms with Gasteiger partial charge in [0, 0.05) is 11.8 Å². The summed E-state index contributed by atoms with van der Waals surface area (Å²) in [6, 6.07) is 14.1. The lowest BCUT2D eigenvalue weighted by Gasteiger charge is -2.00. The first kappa shape index (κ1) is 9.09. The first-order valence-electron chi connectivity index (χ1n) is 5.21. The third-order valence-corrected chi connectivity index (χ3v) is 2.58. The van der Waals surface area contributed by atoms with Crippen LogP contribution in [0.15, 0.2) is 48.7 Å². The molecule has 0 amide bonds. The van der Waals surface area contributed by atoms with E-state index in [0.29, 0.717) is 0 Å². The highest BCUT2D eigenvalue weighted by atomic mass is 15.2. The number of pyridine rings is 1. The maximum Gasteiger partial charge on any atom is 0.168 e. The molecule has 0 spiro atoms. The predicted molar refractivity (Wildman–Crippen MR) is 63.2 cm³/mol. The lowest BCUT2D eigenvalue weighted by Crippen LogP contribution is -1.89. The van der Waals surface area contributed by atoms with E-state index in [-0.39, 0.29) is 0 Å². The number of hydrogen-bond acceptors (Lipinski definition) is 2. The topological polar surface area (TPSA) is 30.2 Å². The van der Waals surface area contributed by atoms with E-state index >= 15 is 0 Å². The zero-order valence-electron chi connectivity index (χ0n) is 8.96. The molecule has 0 bridgehead atoms. The highest BCUT2D eigenvalue weighted by Crippen LogP contribution is 2.17. The van der Waals surface area contributed by atoms with E-state index in [1.165, 1.54) is 5.56 Å². The lowest BCUT2D eigenvalue weighted by atomic mass is 10.2. The zero-order chi connectivity index (χ0) is 11.0. The smallest absolute Gasteiger partial charge is 0.168 e. The molecule has 1 aromatic carbocycles. The Balaban J connectivity index is 2.29. The number of rotatable bonds is 1. The van der Waals surface area contributed by atoms with Crippen LogP contribution in [0.3, 0.4) is 0 Å². The van der Waals surface area contributed by atoms with Gasteiger partial charge in [-0.25, -0.2) is 0 Å². The van der Waals surface area contributed by atoms with Crippen LogP contribution in [0.1, 0.15) is 5.56 Å². The Hall–Kier alpha value is -2.16. The van der Waals surface area contributed by atoms with E-state index in [2.05, 4.69) is 23.3 Å². The van der Waals surface area contributed by atoms with Gasteiger partial charge in [0.25, 0.3) is 0 Å². The van der Waals surface area contributed by atoms with Gasteiger partial charge in [0.1, 0.15) is 0 Å². The summed E-state index contributed by atoms with van der Waals surface area (Å²) in [6.45, 7) is 2.06. The van der Waals surface area contributed by atoms with Crippen molar-refractivity contribution in [1.29, 1.82) is 0 Å². The molecule has 0 unspecified atom stereocenters. The van der Waals surface area contributed by atoms with Gasteiger partial charge in [-0.15, -0.1) is 10.2 Å². The molecule has 0 radical (unpaired) electrons. The van der Waals surface area contributed by atoms with Gasteiger partial charge in [0.15, 0.2) is 11.5 Å². The summed E-state index contributed by atoms with van der Waals surface area (Å²) in [4.78, 5) is 0. The molecule has 3 aromatic rings. The number of aryl methyl sites for hydroxylation is 1. The van der Waals surface area contributed by atoms with E-state index in [1.54, 1.807) is 0 Å². The molecule has 0 atom stereocenters. The molecule has 0 aliphatic heterocycles. The van der Waals surface area contributed by atoms with Crippen LogP contribution in [0, 0.1) is 6.92 Å². The van der Waals surface area contributed by atoms with E-state index in [0.717, 1.165) is 17.0 Å². The molecule has 0 aliphatic rings. The summed E-state index contributed by atoms with van der Waals surface area (Å²) in [5.74, 6) is 0.888. The Labute approximate surface area is 93.4 Å². The van der Waals surface area contributed by atoms with Gasteiger partial charge in [-0.1, -0.05) is 36.4 Å². The Morgan fingerprint density at radius 3 is 2.56 bits per heavy atom. The van der Waals surface area contributed by atoms with Crippen LogP contribution in [-0.4, -0.2) is 14.6 Å². The van der Waals surface area contributed by atoms with Crippen molar-refractivity contribution in [2.24, 2.45) is 0 Å². The Bertz CT molecular complexity index is 626. The number of hydrogen-bond donors (Lipinski definition) is 0. The van der Waals surface area contributed by atoms with Crippen LogP contribution in [0.25, 0.3) is 17.0 Å². The first-order valence-corrected chi connectivity index (χ1v) is 5.21. The van der Waals surface area contributed by atoms with Crippen LogP contribution >= 0.6 is 0 Å². The van der Waals surface area contributed by atoms with Gasteiger partial charge in [-0.05, 0) is 18.6 Å². The molecule has 0 saturated heterocycles. The Morgan fingerprint density at radius 2 is 1.75 bits per heavy atom. The number of fused-ring (bicyclic) bond motifs is 1. The van der Waals surface area contributed by atoms with Crippen molar-refractivity contribution in [2.45, 2.75) is 6.92 Å². The van der Waals surface area contributed by atoms with Crippen LogP contribution in [0.4, 0.5) is 0 Å². The number of aromatic nitrogens is 3. The van der Waals surface area contributed by atoms with Crippen molar-refractivity contribution in [3.8, 4) is 11.4 Å². The molecule has 3 heteroatoms. The van der Waals surface area contributed by atoms with Crippen molar-refractivity contribution in [2.75, 3.05) is 0 Å². The van der Waals surface area contributed by atoms with Gasteiger partial charge in [0.2, 0.25) is 0 Å². The van der Waals surface area contributed by atoms with Crippen molar-refractivity contribution >= 4 is 5.65 Å². The molecule has 0 aliphatic carbocycles. The van der Waals surface area contributed by atoms with E-state index in [9.17, 15) is 0 Å². The average Bonchev–Trinajstić information content (AvgIpc) is 2.73. The maximum absolute atomic E-state index is 4.22. The minimum absolute atomic E-state index is 0.879. The van der Waals surface area contributed by atoms with Gasteiger partial charge in [-0.2, -0.15) is 0 Å². The molecule has 0 saturated carbocycles. The first-order chi connectivity index (χ1) is 7.84. The molecular formula is C13H11N3. The fourth-order valence-electron chi connectivity index (χ4n) is 1.78. The molecule has 3 rings (SSSR count). The standard InChI is InChI=1S/C13H11N3/c1-10-7-8-12-14-15-13(16(12)9-10)11-5-3-2-4-6-11/h2-9H,1H3. The zero-order valence-corrected chi connectivity index (χ0v) is 8.96. The number of benzene rings is 1. The van der Waals surface area contributed by atoms with Crippen molar-refractivity contribution in [1.82, 2.24) is 14.6 Å². The van der Waals surface area contributed by atoms with E-state index < -0.39 is 0 Å². The van der Waals surface area contributed by atoms with Crippen molar-refractivity contribution in [3.05, 3.63) is 54.2 Å². The second-order valence-electron chi connectivity index (χ2n) is 3.82. The quantitative estimate of drug-likeness (QED) is 0.616. The summed E-state index contributed by atoms with van der Waals surface area (Å²) in [5, 5.41) is 8.37. The van der Waals surface area contributed by atoms with Crippen LogP contribution in [0.2, 0.25) is 0 Å². The van der Waals surface area contributed by atoms with Gasteiger partial charge in [0.05, 0.1) is 0 Å². The van der Waals surface area contributed by atoms with Crippen LogP contribution in [-0.2, 0) is 0 Å². The van der Waals surface area contributed by atoms with Gasteiger partial charge < -0.3 is 0 Å². The van der Waals surface area contributed by atoms with E-state index in [1.807, 2.05) is 46.9 Å². The highest BCUT2D eigenvalue weighted by molar-refractivity contribution is 5.59. The predicted octanol–water partition coefficient (Wildman–Crippen LogP) is 2.70. The van der Waals surface area contributed by atoms with Gasteiger partial charge in [-0.3, -0.25) is 4.40 Å². The summed E-state index contributed by atoms with van der Waals surface area (Å²) in [5.41, 5.74) is 3.16. The van der Waals surface area contributed by atoms with Crippen LogP contribution in [0.5, 0.6) is 0 Å². The molecule has 2 aromatic heterocycles. The monoisotopic (exact) mass is 209 g/mol. The van der Waals surface area contributed by atoms with Crippen LogP contribution < -0.4 is 0 Å². The SMILES string of the molecule is Cc1ccc2nnc(-c3ccccc3)n2c1. The molecular weight excluding hydrogens is 198 g/mol. The minimum atomic E-state index is 0.879.